The maximum atomic E-state index is 14.6. The number of rotatable bonds is 13. The molecule has 374 valence electrons. The van der Waals surface area contributed by atoms with Gasteiger partial charge in [0.25, 0.3) is 11.8 Å². The molecule has 2 N–H and O–H groups in total. The number of fused-ring (bicyclic) bond motifs is 1. The zero-order valence-corrected chi connectivity index (χ0v) is 37.4. The van der Waals surface area contributed by atoms with Crippen LogP contribution < -0.4 is 5.73 Å². The molecule has 0 spiro atoms. The van der Waals surface area contributed by atoms with E-state index in [1.807, 2.05) is 0 Å². The second-order valence-electron chi connectivity index (χ2n) is 16.4. The molecule has 0 aliphatic carbocycles. The van der Waals surface area contributed by atoms with E-state index in [2.05, 4.69) is 0 Å². The summed E-state index contributed by atoms with van der Waals surface area (Å²) in [6.45, 7) is 5.70. The number of hydrogen-bond acceptors (Lipinski definition) is 5. The molecule has 0 unspecified atom stereocenters. The molecule has 1 heterocycles. The van der Waals surface area contributed by atoms with Crippen LogP contribution in [0.5, 0.6) is 0 Å². The third-order valence-electron chi connectivity index (χ3n) is 11.9. The number of hydrogen-bond donors (Lipinski definition) is 1. The highest BCUT2D eigenvalue weighted by Crippen LogP contribution is 2.55. The van der Waals surface area contributed by atoms with Gasteiger partial charge in [-0.05, 0) is 83.3 Å². The van der Waals surface area contributed by atoms with Gasteiger partial charge in [-0.1, -0.05) is 98.8 Å². The van der Waals surface area contributed by atoms with E-state index < -0.39 is 64.8 Å². The van der Waals surface area contributed by atoms with Crippen molar-refractivity contribution in [3.63, 3.8) is 0 Å². The number of imide groups is 1. The highest BCUT2D eigenvalue weighted by molar-refractivity contribution is 6.21. The van der Waals surface area contributed by atoms with Crippen molar-refractivity contribution >= 4 is 23.4 Å². The second kappa shape index (κ2) is 20.1. The summed E-state index contributed by atoms with van der Waals surface area (Å²) in [5.74, 6) is -1.74. The van der Waals surface area contributed by atoms with E-state index in [9.17, 15) is 80.6 Å². The molecule has 5 aromatic carbocycles. The van der Waals surface area contributed by atoms with Crippen molar-refractivity contribution in [1.82, 2.24) is 4.90 Å². The van der Waals surface area contributed by atoms with Gasteiger partial charge in [-0.2, -0.15) is 52.7 Å². The number of nitrogens with two attached hydrogens (primary N) is 1. The average molecular weight is 1000 g/mol. The summed E-state index contributed by atoms with van der Waals surface area (Å²) in [5, 5.41) is 0. The van der Waals surface area contributed by atoms with Crippen molar-refractivity contribution in [2.75, 3.05) is 0 Å². The van der Waals surface area contributed by atoms with Gasteiger partial charge in [0.05, 0.1) is 17.7 Å². The standard InChI is InChI=1S/C29H22F7NO3.C21H20F7NO/c1-3-18-13-20(27(30,28(31,32)33)29(34,35)36)12-16(2)23(18)14-24(38)19-10-8-17(9-11-19)15-37-25(39)21-6-4-5-7-22(21)26(37)40;1-3-14-9-16(19(22,20(23,24)25)21(26,27)28)8-12(2)17(14)10-18(30)15-6-4-13(11-29)5-7-15/h4-13H,3,14-15H2,1-2H3;4-9H,3,10-11,29H2,1-2H3. The predicted octanol–water partition coefficient (Wildman–Crippen LogP) is 12.8. The summed E-state index contributed by atoms with van der Waals surface area (Å²) in [6, 6.07) is 20.8. The Kier molecular flexibility index (Phi) is 15.7. The highest BCUT2D eigenvalue weighted by atomic mass is 19.4. The Bertz CT molecular complexity index is 2710. The minimum atomic E-state index is -6.24. The maximum absolute atomic E-state index is 14.6. The number of aryl methyl sites for hydroxylation is 4. The van der Waals surface area contributed by atoms with Gasteiger partial charge in [-0.25, -0.2) is 8.78 Å². The number of alkyl halides is 14. The molecule has 0 radical (unpaired) electrons. The fraction of sp³-hybridized carbons (Fsp3) is 0.320. The van der Waals surface area contributed by atoms with Crippen LogP contribution in [0, 0.1) is 13.8 Å². The molecule has 6 rings (SSSR count). The smallest absolute Gasteiger partial charge is 0.326 e. The van der Waals surface area contributed by atoms with Gasteiger partial charge in [-0.3, -0.25) is 24.1 Å². The van der Waals surface area contributed by atoms with Crippen LogP contribution >= 0.6 is 0 Å². The number of carbonyl (C=O) groups excluding carboxylic acids is 4. The summed E-state index contributed by atoms with van der Waals surface area (Å²) in [4.78, 5) is 51.8. The van der Waals surface area contributed by atoms with E-state index in [4.69, 9.17) is 5.73 Å². The maximum Gasteiger partial charge on any atom is 0.435 e. The average Bonchev–Trinajstić information content (AvgIpc) is 3.52. The van der Waals surface area contributed by atoms with E-state index in [1.165, 1.54) is 52.0 Å². The summed E-state index contributed by atoms with van der Waals surface area (Å²) in [5.41, 5.74) is -5.83. The number of nitrogens with zero attached hydrogens (tertiary/aromatic N) is 1. The molecule has 0 aromatic heterocycles. The topological polar surface area (TPSA) is 97.5 Å². The molecule has 0 fully saturated rings. The van der Waals surface area contributed by atoms with Crippen LogP contribution in [0.25, 0.3) is 0 Å². The molecular formula is C50H42F14N2O4. The van der Waals surface area contributed by atoms with Gasteiger partial charge >= 0.3 is 36.0 Å². The number of amides is 2. The van der Waals surface area contributed by atoms with Crippen molar-refractivity contribution in [2.24, 2.45) is 5.73 Å². The Balaban J connectivity index is 0.000000272. The minimum absolute atomic E-state index is 0.0129. The van der Waals surface area contributed by atoms with Crippen LogP contribution in [-0.4, -0.2) is 53.0 Å². The Hall–Kier alpha value is -6.44. The van der Waals surface area contributed by atoms with Gasteiger partial charge in [-0.15, -0.1) is 0 Å². The predicted molar refractivity (Wildman–Crippen MR) is 228 cm³/mol. The molecule has 5 aromatic rings. The van der Waals surface area contributed by atoms with Crippen molar-refractivity contribution in [1.29, 1.82) is 0 Å². The van der Waals surface area contributed by atoms with Gasteiger partial charge in [0.15, 0.2) is 11.6 Å². The van der Waals surface area contributed by atoms with Crippen LogP contribution in [0.4, 0.5) is 61.5 Å². The molecule has 0 atom stereocenters. The number of ketones is 2. The number of carbonyl (C=O) groups is 4. The van der Waals surface area contributed by atoms with Crippen molar-refractivity contribution in [3.05, 3.63) is 175 Å². The molecule has 0 saturated carbocycles. The van der Waals surface area contributed by atoms with Gasteiger partial charge in [0.2, 0.25) is 0 Å². The zero-order chi connectivity index (χ0) is 52.5. The van der Waals surface area contributed by atoms with Crippen LogP contribution in [0.3, 0.4) is 0 Å². The molecule has 6 nitrogen and oxygen atoms in total. The monoisotopic (exact) mass is 1000 g/mol. The Morgan fingerprint density at radius 2 is 0.829 bits per heavy atom. The van der Waals surface area contributed by atoms with E-state index in [0.29, 0.717) is 46.5 Å². The van der Waals surface area contributed by atoms with Crippen LogP contribution in [-0.2, 0) is 50.1 Å². The van der Waals surface area contributed by atoms with Gasteiger partial charge in [0.1, 0.15) is 0 Å². The zero-order valence-electron chi connectivity index (χ0n) is 37.4. The molecular weight excluding hydrogens is 959 g/mol. The molecule has 20 heteroatoms. The lowest BCUT2D eigenvalue weighted by Crippen LogP contribution is -2.50. The van der Waals surface area contributed by atoms with Crippen molar-refractivity contribution in [2.45, 2.75) is 103 Å². The lowest BCUT2D eigenvalue weighted by molar-refractivity contribution is -0.349. The molecule has 70 heavy (non-hydrogen) atoms. The van der Waals surface area contributed by atoms with E-state index in [-0.39, 0.29) is 83.5 Å². The SMILES string of the molecule is CCc1cc(C(F)(C(F)(F)F)C(F)(F)F)cc(C)c1CC(=O)c1ccc(CN)cc1.CCc1cc(C(F)(C(F)(F)F)C(F)(F)F)cc(C)c1CC(=O)c1ccc(CN2C(=O)c3ccccc3C2=O)cc1. The lowest BCUT2D eigenvalue weighted by atomic mass is 9.86. The van der Waals surface area contributed by atoms with E-state index in [0.717, 1.165) is 10.5 Å². The number of benzene rings is 5. The first-order valence-electron chi connectivity index (χ1n) is 21.2. The van der Waals surface area contributed by atoms with Crippen LogP contribution in [0.2, 0.25) is 0 Å². The first-order chi connectivity index (χ1) is 32.4. The number of Topliss-reactive ketones (excluding diaryl/α,β-unsaturated/α-hetero) is 2. The molecule has 2 amide bonds. The minimum Gasteiger partial charge on any atom is -0.326 e. The molecule has 1 aliphatic heterocycles. The summed E-state index contributed by atoms with van der Waals surface area (Å²) < 4.78 is 187. The third-order valence-corrected chi connectivity index (χ3v) is 11.9. The number of halogens is 14. The fourth-order valence-corrected chi connectivity index (χ4v) is 8.00. The van der Waals surface area contributed by atoms with Crippen molar-refractivity contribution < 1.29 is 80.6 Å². The summed E-state index contributed by atoms with van der Waals surface area (Å²) in [7, 11) is 0. The first-order valence-corrected chi connectivity index (χ1v) is 21.2. The Morgan fingerprint density at radius 1 is 0.500 bits per heavy atom. The van der Waals surface area contributed by atoms with E-state index in [1.54, 1.807) is 48.5 Å². The second-order valence-corrected chi connectivity index (χ2v) is 16.4. The third kappa shape index (κ3) is 10.5. The summed E-state index contributed by atoms with van der Waals surface area (Å²) >= 11 is 0. The van der Waals surface area contributed by atoms with E-state index >= 15 is 0 Å². The van der Waals surface area contributed by atoms with Crippen molar-refractivity contribution in [3.8, 4) is 0 Å². The normalized spacial score (nSPS) is 13.6. The fourth-order valence-electron chi connectivity index (χ4n) is 8.00. The largest absolute Gasteiger partial charge is 0.435 e. The first kappa shape index (κ1) is 54.5. The van der Waals surface area contributed by atoms with Crippen LogP contribution in [0.15, 0.2) is 97.1 Å². The Labute approximate surface area is 391 Å². The van der Waals surface area contributed by atoms with Gasteiger partial charge < -0.3 is 5.73 Å². The molecule has 0 saturated heterocycles. The quantitative estimate of drug-likeness (QED) is 0.0720. The van der Waals surface area contributed by atoms with Gasteiger partial charge in [0, 0.05) is 41.6 Å². The highest BCUT2D eigenvalue weighted by Gasteiger charge is 2.74. The lowest BCUT2D eigenvalue weighted by Gasteiger charge is -2.31. The molecule has 1 aliphatic rings. The molecule has 0 bridgehead atoms. The summed E-state index contributed by atoms with van der Waals surface area (Å²) in [6.07, 6.45) is -25.5. The Morgan fingerprint density at radius 3 is 1.13 bits per heavy atom. The van der Waals surface area contributed by atoms with Crippen LogP contribution in [0.1, 0.15) is 111 Å².